The molecule has 2 aromatic rings. The van der Waals surface area contributed by atoms with Crippen molar-refractivity contribution >= 4 is 11.8 Å². The van der Waals surface area contributed by atoms with Crippen LogP contribution in [0.15, 0.2) is 42.7 Å². The predicted octanol–water partition coefficient (Wildman–Crippen LogP) is 2.07. The van der Waals surface area contributed by atoms with Gasteiger partial charge in [-0.2, -0.15) is 0 Å². The zero-order chi connectivity index (χ0) is 18.7. The second-order valence-corrected chi connectivity index (χ2v) is 7.60. The van der Waals surface area contributed by atoms with Crippen LogP contribution in [0.5, 0.6) is 11.5 Å². The van der Waals surface area contributed by atoms with Crippen LogP contribution in [0.25, 0.3) is 11.1 Å². The molecule has 0 unspecified atom stereocenters. The molecule has 0 aliphatic carbocycles. The first-order valence-corrected chi connectivity index (χ1v) is 9.53. The van der Waals surface area contributed by atoms with Crippen LogP contribution >= 0.6 is 11.8 Å². The largest absolute Gasteiger partial charge is 0.491 e. The predicted molar refractivity (Wildman–Crippen MR) is 100 cm³/mol. The van der Waals surface area contributed by atoms with Gasteiger partial charge in [0, 0.05) is 17.5 Å². The fraction of sp³-hybridized carbons (Fsp3) is 0.421. The monoisotopic (exact) mass is 377 g/mol. The smallest absolute Gasteiger partial charge is 0.173 e. The Morgan fingerprint density at radius 1 is 1.00 bits per heavy atom. The van der Waals surface area contributed by atoms with Gasteiger partial charge in [0.2, 0.25) is 0 Å². The summed E-state index contributed by atoms with van der Waals surface area (Å²) in [6, 6.07) is 9.53. The van der Waals surface area contributed by atoms with Gasteiger partial charge < -0.3 is 24.8 Å². The summed E-state index contributed by atoms with van der Waals surface area (Å²) < 4.78 is 11.4. The molecule has 0 saturated carbocycles. The van der Waals surface area contributed by atoms with Crippen LogP contribution in [-0.2, 0) is 0 Å². The minimum Gasteiger partial charge on any atom is -0.491 e. The van der Waals surface area contributed by atoms with Gasteiger partial charge in [0.25, 0.3) is 0 Å². The minimum atomic E-state index is -1.22. The van der Waals surface area contributed by atoms with Crippen LogP contribution in [0.1, 0.15) is 13.8 Å². The summed E-state index contributed by atoms with van der Waals surface area (Å²) in [4.78, 5) is 4.20. The number of nitrogens with zero attached hydrogens (tertiary/aromatic N) is 1. The van der Waals surface area contributed by atoms with Crippen LogP contribution in [0.2, 0.25) is 0 Å². The molecule has 7 heteroatoms. The van der Waals surface area contributed by atoms with Crippen LogP contribution in [-0.4, -0.2) is 55.9 Å². The highest BCUT2D eigenvalue weighted by Gasteiger charge is 2.38. The maximum Gasteiger partial charge on any atom is 0.173 e. The Bertz CT molecular complexity index is 724. The number of benzene rings is 1. The van der Waals surface area contributed by atoms with E-state index in [9.17, 15) is 15.3 Å². The fourth-order valence-electron chi connectivity index (χ4n) is 2.66. The lowest BCUT2D eigenvalue weighted by atomic mass is 10.1. The molecule has 140 valence electrons. The first-order valence-electron chi connectivity index (χ1n) is 8.48. The van der Waals surface area contributed by atoms with Crippen molar-refractivity contribution in [3.05, 3.63) is 42.7 Å². The molecule has 0 amide bonds. The molecule has 0 bridgehead atoms. The maximum absolute atomic E-state index is 10.1. The number of hydrogen-bond acceptors (Lipinski definition) is 7. The second kappa shape index (κ2) is 8.26. The van der Waals surface area contributed by atoms with E-state index in [0.29, 0.717) is 11.5 Å². The van der Waals surface area contributed by atoms with Crippen molar-refractivity contribution < 1.29 is 24.8 Å². The van der Waals surface area contributed by atoms with Gasteiger partial charge >= 0.3 is 0 Å². The SMILES string of the molecule is CC(C)Oc1ccc(-c2cncc(O[C@@H]3SC[C@@H](O)[C@H](O)[C@H]3O)c2)cc1. The van der Waals surface area contributed by atoms with E-state index in [1.165, 1.54) is 11.8 Å². The summed E-state index contributed by atoms with van der Waals surface area (Å²) in [6.45, 7) is 3.96. The van der Waals surface area contributed by atoms with Crippen LogP contribution in [0.3, 0.4) is 0 Å². The second-order valence-electron chi connectivity index (χ2n) is 6.47. The van der Waals surface area contributed by atoms with Crippen molar-refractivity contribution in [3.8, 4) is 22.6 Å². The van der Waals surface area contributed by atoms with Gasteiger partial charge in [0.1, 0.15) is 23.7 Å². The third-order valence-corrected chi connectivity index (χ3v) is 5.22. The third-order valence-electron chi connectivity index (χ3n) is 3.98. The number of aliphatic hydroxyl groups is 3. The van der Waals surface area contributed by atoms with E-state index in [1.807, 2.05) is 44.2 Å². The summed E-state index contributed by atoms with van der Waals surface area (Å²) in [5, 5.41) is 29.5. The van der Waals surface area contributed by atoms with E-state index in [4.69, 9.17) is 9.47 Å². The Morgan fingerprint density at radius 2 is 1.73 bits per heavy atom. The molecule has 26 heavy (non-hydrogen) atoms. The van der Waals surface area contributed by atoms with Gasteiger partial charge in [0.15, 0.2) is 5.44 Å². The van der Waals surface area contributed by atoms with Gasteiger partial charge in [-0.25, -0.2) is 0 Å². The third kappa shape index (κ3) is 4.48. The standard InChI is InChI=1S/C19H23NO5S/c1-11(2)24-14-5-3-12(4-6-14)13-7-15(9-20-8-13)25-19-18(23)17(22)16(21)10-26-19/h3-9,11,16-19,21-23H,10H2,1-2H3/t16-,17+,18-,19-/m1/s1. The zero-order valence-electron chi connectivity index (χ0n) is 14.6. The molecule has 1 aliphatic heterocycles. The topological polar surface area (TPSA) is 92.0 Å². The van der Waals surface area contributed by atoms with Crippen molar-refractivity contribution in [2.45, 2.75) is 43.7 Å². The highest BCUT2D eigenvalue weighted by Crippen LogP contribution is 2.31. The van der Waals surface area contributed by atoms with Crippen LogP contribution in [0, 0.1) is 0 Å². The number of hydrogen-bond donors (Lipinski definition) is 3. The summed E-state index contributed by atoms with van der Waals surface area (Å²) in [7, 11) is 0. The fourth-order valence-corrected chi connectivity index (χ4v) is 3.78. The average molecular weight is 377 g/mol. The molecule has 3 rings (SSSR count). The molecule has 1 fully saturated rings. The average Bonchev–Trinajstić information content (AvgIpc) is 2.63. The highest BCUT2D eigenvalue weighted by molar-refractivity contribution is 7.99. The van der Waals surface area contributed by atoms with Gasteiger partial charge in [-0.15, -0.1) is 11.8 Å². The van der Waals surface area contributed by atoms with E-state index in [-0.39, 0.29) is 6.10 Å². The van der Waals surface area contributed by atoms with E-state index < -0.39 is 23.7 Å². The van der Waals surface area contributed by atoms with Crippen LogP contribution in [0.4, 0.5) is 0 Å². The number of thioether (sulfide) groups is 1. The van der Waals surface area contributed by atoms with E-state index >= 15 is 0 Å². The van der Waals surface area contributed by atoms with Gasteiger partial charge in [-0.05, 0) is 37.6 Å². The quantitative estimate of drug-likeness (QED) is 0.735. The van der Waals surface area contributed by atoms with Crippen molar-refractivity contribution in [3.63, 3.8) is 0 Å². The van der Waals surface area contributed by atoms with Crippen molar-refractivity contribution in [2.24, 2.45) is 0 Å². The molecule has 1 saturated heterocycles. The van der Waals surface area contributed by atoms with Gasteiger partial charge in [-0.3, -0.25) is 4.98 Å². The molecular weight excluding hydrogens is 354 g/mol. The number of ether oxygens (including phenoxy) is 2. The molecule has 1 aromatic carbocycles. The first-order chi connectivity index (χ1) is 12.4. The first kappa shape index (κ1) is 19.0. The van der Waals surface area contributed by atoms with Crippen molar-refractivity contribution in [2.75, 3.05) is 5.75 Å². The Labute approximate surface area is 156 Å². The summed E-state index contributed by atoms with van der Waals surface area (Å²) in [5.41, 5.74) is 1.17. The zero-order valence-corrected chi connectivity index (χ0v) is 15.5. The van der Waals surface area contributed by atoms with Gasteiger partial charge in [-0.1, -0.05) is 12.1 Å². The number of rotatable bonds is 5. The number of aromatic nitrogens is 1. The molecule has 1 aromatic heterocycles. The van der Waals surface area contributed by atoms with E-state index in [2.05, 4.69) is 4.98 Å². The number of pyridine rings is 1. The molecule has 4 atom stereocenters. The lowest BCUT2D eigenvalue weighted by Gasteiger charge is -2.34. The van der Waals surface area contributed by atoms with Crippen LogP contribution < -0.4 is 9.47 Å². The maximum atomic E-state index is 10.1. The highest BCUT2D eigenvalue weighted by atomic mass is 32.2. The normalized spacial score (nSPS) is 25.9. The minimum absolute atomic E-state index is 0.118. The molecule has 6 nitrogen and oxygen atoms in total. The Hall–Kier alpha value is -1.80. The molecule has 0 radical (unpaired) electrons. The Kier molecular flexibility index (Phi) is 6.03. The summed E-state index contributed by atoms with van der Waals surface area (Å²) in [5.74, 6) is 1.59. The molecular formula is C19H23NO5S. The van der Waals surface area contributed by atoms with Gasteiger partial charge in [0.05, 0.1) is 18.4 Å². The van der Waals surface area contributed by atoms with E-state index in [1.54, 1.807) is 12.4 Å². The van der Waals surface area contributed by atoms with Crippen molar-refractivity contribution in [1.29, 1.82) is 0 Å². The molecule has 2 heterocycles. The van der Waals surface area contributed by atoms with Crippen molar-refractivity contribution in [1.82, 2.24) is 4.98 Å². The lowest BCUT2D eigenvalue weighted by Crippen LogP contribution is -2.50. The molecule has 0 spiro atoms. The van der Waals surface area contributed by atoms with E-state index in [0.717, 1.165) is 16.9 Å². The Morgan fingerprint density at radius 3 is 2.42 bits per heavy atom. The lowest BCUT2D eigenvalue weighted by molar-refractivity contribution is -0.0786. The molecule has 3 N–H and O–H groups in total. The Balaban J connectivity index is 1.72. The summed E-state index contributed by atoms with van der Waals surface area (Å²) in [6.07, 6.45) is 0.0720. The molecule has 1 aliphatic rings. The summed E-state index contributed by atoms with van der Waals surface area (Å²) >= 11 is 1.26. The number of aliphatic hydroxyl groups excluding tert-OH is 3.